The monoisotopic (exact) mass is 130 g/mol. The predicted octanol–water partition coefficient (Wildman–Crippen LogP) is -0.0882. The number of ether oxygens (including phenoxy) is 1. The molecular weight excluding hydrogens is 120 g/mol. The van der Waals surface area contributed by atoms with E-state index in [2.05, 4.69) is 5.16 Å². The first-order valence-electron chi connectivity index (χ1n) is 2.78. The van der Waals surface area contributed by atoms with E-state index in [4.69, 9.17) is 15.7 Å². The molecule has 0 heterocycles. The maximum Gasteiger partial charge on any atom is 0.171 e. The molecule has 4 heteroatoms. The number of rotatable bonds is 2. The molecule has 1 aliphatic rings. The van der Waals surface area contributed by atoms with Crippen LogP contribution in [-0.4, -0.2) is 23.8 Å². The van der Waals surface area contributed by atoms with Crippen LogP contribution in [0.15, 0.2) is 5.16 Å². The highest BCUT2D eigenvalue weighted by atomic mass is 16.5. The van der Waals surface area contributed by atoms with Gasteiger partial charge in [-0.25, -0.2) is 0 Å². The van der Waals surface area contributed by atoms with Crippen molar-refractivity contribution in [3.63, 3.8) is 0 Å². The highest BCUT2D eigenvalue weighted by Gasteiger charge is 2.47. The van der Waals surface area contributed by atoms with E-state index in [0.29, 0.717) is 0 Å². The minimum absolute atomic E-state index is 0.185. The molecule has 0 radical (unpaired) electrons. The number of amidine groups is 1. The molecule has 0 bridgehead atoms. The standard InChI is InChI=1S/C5H10N2O2/c1-9-5(2-3-5)4(6)7-8/h8H,2-3H2,1H3,(H2,6,7). The summed E-state index contributed by atoms with van der Waals surface area (Å²) in [5.74, 6) is 0.185. The van der Waals surface area contributed by atoms with Crippen LogP contribution >= 0.6 is 0 Å². The van der Waals surface area contributed by atoms with Crippen LogP contribution in [0.2, 0.25) is 0 Å². The molecule has 52 valence electrons. The van der Waals surface area contributed by atoms with E-state index in [-0.39, 0.29) is 5.84 Å². The Balaban J connectivity index is 2.60. The van der Waals surface area contributed by atoms with Crippen LogP contribution in [-0.2, 0) is 4.74 Å². The summed E-state index contributed by atoms with van der Waals surface area (Å²) < 4.78 is 4.99. The smallest absolute Gasteiger partial charge is 0.171 e. The van der Waals surface area contributed by atoms with Crippen LogP contribution in [0.1, 0.15) is 12.8 Å². The summed E-state index contributed by atoms with van der Waals surface area (Å²) in [6, 6.07) is 0. The fraction of sp³-hybridized carbons (Fsp3) is 0.800. The van der Waals surface area contributed by atoms with Crippen LogP contribution in [0.4, 0.5) is 0 Å². The van der Waals surface area contributed by atoms with Gasteiger partial charge in [-0.3, -0.25) is 0 Å². The maximum absolute atomic E-state index is 8.22. The summed E-state index contributed by atoms with van der Waals surface area (Å²) in [6.45, 7) is 0. The lowest BCUT2D eigenvalue weighted by Crippen LogP contribution is -2.32. The first-order valence-corrected chi connectivity index (χ1v) is 2.78. The number of nitrogens with zero attached hydrogens (tertiary/aromatic N) is 1. The second-order valence-corrected chi connectivity index (χ2v) is 2.18. The molecule has 1 rings (SSSR count). The lowest BCUT2D eigenvalue weighted by atomic mass is 10.3. The fourth-order valence-electron chi connectivity index (χ4n) is 0.769. The first-order chi connectivity index (χ1) is 4.25. The van der Waals surface area contributed by atoms with E-state index >= 15 is 0 Å². The van der Waals surface area contributed by atoms with Gasteiger partial charge in [-0.1, -0.05) is 5.16 Å². The van der Waals surface area contributed by atoms with Crippen molar-refractivity contribution >= 4 is 5.84 Å². The highest BCUT2D eigenvalue weighted by Crippen LogP contribution is 2.38. The molecule has 9 heavy (non-hydrogen) atoms. The summed E-state index contributed by atoms with van der Waals surface area (Å²) in [5.41, 5.74) is 4.88. The van der Waals surface area contributed by atoms with Crippen molar-refractivity contribution in [1.82, 2.24) is 0 Å². The zero-order chi connectivity index (χ0) is 6.91. The Kier molecular flexibility index (Phi) is 1.32. The van der Waals surface area contributed by atoms with Gasteiger partial charge in [-0.05, 0) is 12.8 Å². The molecule has 0 atom stereocenters. The van der Waals surface area contributed by atoms with Crippen molar-refractivity contribution in [2.75, 3.05) is 7.11 Å². The van der Waals surface area contributed by atoms with E-state index in [9.17, 15) is 0 Å². The number of methoxy groups -OCH3 is 1. The Labute approximate surface area is 53.3 Å². The number of hydrogen-bond acceptors (Lipinski definition) is 3. The maximum atomic E-state index is 8.22. The van der Waals surface area contributed by atoms with Crippen molar-refractivity contribution in [3.8, 4) is 0 Å². The molecule has 0 spiro atoms. The first kappa shape index (κ1) is 6.35. The Hall–Kier alpha value is -0.770. The zero-order valence-electron chi connectivity index (χ0n) is 5.29. The molecule has 0 aromatic rings. The van der Waals surface area contributed by atoms with Gasteiger partial charge in [0.1, 0.15) is 5.60 Å². The fourth-order valence-corrected chi connectivity index (χ4v) is 0.769. The molecule has 0 aliphatic heterocycles. The van der Waals surface area contributed by atoms with Crippen molar-refractivity contribution in [1.29, 1.82) is 0 Å². The van der Waals surface area contributed by atoms with Gasteiger partial charge in [0.05, 0.1) is 0 Å². The van der Waals surface area contributed by atoms with Crippen LogP contribution in [0.5, 0.6) is 0 Å². The van der Waals surface area contributed by atoms with Crippen LogP contribution in [0.3, 0.4) is 0 Å². The van der Waals surface area contributed by atoms with Gasteiger partial charge in [0, 0.05) is 7.11 Å². The normalized spacial score (nSPS) is 23.9. The topological polar surface area (TPSA) is 67.8 Å². The summed E-state index contributed by atoms with van der Waals surface area (Å²) in [6.07, 6.45) is 1.72. The molecule has 4 nitrogen and oxygen atoms in total. The van der Waals surface area contributed by atoms with E-state index in [1.165, 1.54) is 0 Å². The van der Waals surface area contributed by atoms with Gasteiger partial charge >= 0.3 is 0 Å². The average Bonchev–Trinajstić information content (AvgIpc) is 2.66. The van der Waals surface area contributed by atoms with E-state index in [0.717, 1.165) is 12.8 Å². The number of oxime groups is 1. The highest BCUT2D eigenvalue weighted by molar-refractivity contribution is 5.91. The molecule has 0 aromatic heterocycles. The Morgan fingerprint density at radius 2 is 2.33 bits per heavy atom. The molecule has 0 amide bonds. The van der Waals surface area contributed by atoms with E-state index in [1.54, 1.807) is 7.11 Å². The van der Waals surface area contributed by atoms with Crippen LogP contribution in [0.25, 0.3) is 0 Å². The molecule has 1 fully saturated rings. The lowest BCUT2D eigenvalue weighted by Gasteiger charge is -2.08. The predicted molar refractivity (Wildman–Crippen MR) is 32.4 cm³/mol. The van der Waals surface area contributed by atoms with Crippen LogP contribution in [0, 0.1) is 0 Å². The summed E-state index contributed by atoms with van der Waals surface area (Å²) in [4.78, 5) is 0. The van der Waals surface area contributed by atoms with Gasteiger partial charge in [0.15, 0.2) is 5.84 Å². The van der Waals surface area contributed by atoms with Crippen molar-refractivity contribution < 1.29 is 9.94 Å². The SMILES string of the molecule is COC1(C(N)=NO)CC1. The van der Waals surface area contributed by atoms with Crippen molar-refractivity contribution in [2.45, 2.75) is 18.4 Å². The average molecular weight is 130 g/mol. The largest absolute Gasteiger partial charge is 0.409 e. The quantitative estimate of drug-likeness (QED) is 0.237. The zero-order valence-corrected chi connectivity index (χ0v) is 5.29. The Bertz CT molecular complexity index is 140. The van der Waals surface area contributed by atoms with Gasteiger partial charge in [0.25, 0.3) is 0 Å². The molecule has 0 unspecified atom stereocenters. The van der Waals surface area contributed by atoms with Gasteiger partial charge in [-0.2, -0.15) is 0 Å². The van der Waals surface area contributed by atoms with E-state index in [1.807, 2.05) is 0 Å². The molecule has 1 saturated carbocycles. The number of hydrogen-bond donors (Lipinski definition) is 2. The van der Waals surface area contributed by atoms with Crippen LogP contribution < -0.4 is 5.73 Å². The number of nitrogens with two attached hydrogens (primary N) is 1. The summed E-state index contributed by atoms with van der Waals surface area (Å²) in [7, 11) is 1.56. The second-order valence-electron chi connectivity index (χ2n) is 2.18. The third kappa shape index (κ3) is 0.853. The second kappa shape index (κ2) is 1.88. The molecule has 1 aliphatic carbocycles. The minimum atomic E-state index is -0.422. The third-order valence-electron chi connectivity index (χ3n) is 1.67. The Morgan fingerprint density at radius 3 is 2.44 bits per heavy atom. The molecule has 3 N–H and O–H groups in total. The van der Waals surface area contributed by atoms with Gasteiger partial charge < -0.3 is 15.7 Å². The molecular formula is C5H10N2O2. The summed E-state index contributed by atoms with van der Waals surface area (Å²) >= 11 is 0. The van der Waals surface area contributed by atoms with Crippen molar-refractivity contribution in [2.24, 2.45) is 10.9 Å². The molecule has 0 aromatic carbocycles. The summed E-state index contributed by atoms with van der Waals surface area (Å²) in [5, 5.41) is 11.1. The van der Waals surface area contributed by atoms with Gasteiger partial charge in [-0.15, -0.1) is 0 Å². The molecule has 0 saturated heterocycles. The van der Waals surface area contributed by atoms with Crippen molar-refractivity contribution in [3.05, 3.63) is 0 Å². The Morgan fingerprint density at radius 1 is 1.78 bits per heavy atom. The van der Waals surface area contributed by atoms with Gasteiger partial charge in [0.2, 0.25) is 0 Å². The lowest BCUT2D eigenvalue weighted by molar-refractivity contribution is 0.131. The third-order valence-corrected chi connectivity index (χ3v) is 1.67. The van der Waals surface area contributed by atoms with E-state index < -0.39 is 5.60 Å². The minimum Gasteiger partial charge on any atom is -0.409 e.